The van der Waals surface area contributed by atoms with Crippen LogP contribution in [0.1, 0.15) is 26.2 Å². The fourth-order valence-corrected chi connectivity index (χ4v) is 2.50. The number of carboxylic acid groups (broad SMARTS) is 1. The smallest absolute Gasteiger partial charge is 0.314 e. The average Bonchev–Trinajstić information content (AvgIpc) is 3.07. The summed E-state index contributed by atoms with van der Waals surface area (Å²) in [6.45, 7) is 1.65. The van der Waals surface area contributed by atoms with Crippen LogP contribution in [0.4, 0.5) is 0 Å². The number of fused-ring (bicyclic) bond motifs is 1. The van der Waals surface area contributed by atoms with Gasteiger partial charge in [-0.05, 0) is 31.8 Å². The highest BCUT2D eigenvalue weighted by Crippen LogP contribution is 2.38. The summed E-state index contributed by atoms with van der Waals surface area (Å²) in [5, 5.41) is 11.1. The second kappa shape index (κ2) is 3.80. The molecule has 98 valence electrons. The van der Waals surface area contributed by atoms with E-state index >= 15 is 0 Å². The maximum atomic E-state index is 11.3. The molecule has 3 aliphatic rings. The number of carboxylic acids is 1. The summed E-state index contributed by atoms with van der Waals surface area (Å²) < 4.78 is 0. The second-order valence-corrected chi connectivity index (χ2v) is 5.64. The number of aliphatic imine (C=N–C) groups is 1. The van der Waals surface area contributed by atoms with Crippen molar-refractivity contribution in [2.45, 2.75) is 38.4 Å². The molecule has 2 aliphatic heterocycles. The Bertz CT molecular complexity index is 443. The molecule has 6 heteroatoms. The molecule has 18 heavy (non-hydrogen) atoms. The summed E-state index contributed by atoms with van der Waals surface area (Å²) >= 11 is 0. The Morgan fingerprint density at radius 2 is 2.39 bits per heavy atom. The van der Waals surface area contributed by atoms with Crippen molar-refractivity contribution in [2.24, 2.45) is 22.1 Å². The lowest BCUT2D eigenvalue weighted by Gasteiger charge is -2.29. The molecule has 0 bridgehead atoms. The Labute approximate surface area is 106 Å². The fourth-order valence-electron chi connectivity index (χ4n) is 2.50. The average molecular weight is 250 g/mol. The van der Waals surface area contributed by atoms with Crippen LogP contribution in [0.3, 0.4) is 0 Å². The van der Waals surface area contributed by atoms with Crippen molar-refractivity contribution in [3.8, 4) is 0 Å². The van der Waals surface area contributed by atoms with Crippen LogP contribution in [0.2, 0.25) is 0 Å². The van der Waals surface area contributed by atoms with Crippen LogP contribution in [0, 0.1) is 11.3 Å². The van der Waals surface area contributed by atoms with Gasteiger partial charge in [0.2, 0.25) is 0 Å². The molecule has 0 spiro atoms. The number of hydrogen-bond donors (Lipinski definition) is 3. The molecule has 0 saturated heterocycles. The van der Waals surface area contributed by atoms with E-state index in [1.807, 2.05) is 5.01 Å². The highest BCUT2D eigenvalue weighted by Gasteiger charge is 2.42. The van der Waals surface area contributed by atoms with Gasteiger partial charge in [-0.3, -0.25) is 9.80 Å². The zero-order valence-electron chi connectivity index (χ0n) is 10.3. The maximum absolute atomic E-state index is 11.3. The summed E-state index contributed by atoms with van der Waals surface area (Å²) in [5.41, 5.74) is 8.43. The lowest BCUT2D eigenvalue weighted by atomic mass is 9.87. The monoisotopic (exact) mass is 250 g/mol. The molecule has 0 radical (unpaired) electrons. The molecule has 3 unspecified atom stereocenters. The maximum Gasteiger partial charge on any atom is 0.314 e. The molecule has 0 amide bonds. The van der Waals surface area contributed by atoms with Crippen molar-refractivity contribution in [3.63, 3.8) is 0 Å². The van der Waals surface area contributed by atoms with Crippen LogP contribution in [0.15, 0.2) is 16.9 Å². The molecule has 0 aromatic heterocycles. The molecular weight excluding hydrogens is 232 g/mol. The highest BCUT2D eigenvalue weighted by molar-refractivity contribution is 5.94. The van der Waals surface area contributed by atoms with Gasteiger partial charge in [0.05, 0.1) is 12.2 Å². The van der Waals surface area contributed by atoms with Crippen molar-refractivity contribution in [1.82, 2.24) is 10.4 Å². The highest BCUT2D eigenvalue weighted by atomic mass is 16.4. The van der Waals surface area contributed by atoms with Crippen LogP contribution in [0.5, 0.6) is 0 Å². The number of rotatable bonds is 2. The van der Waals surface area contributed by atoms with Crippen molar-refractivity contribution < 1.29 is 9.90 Å². The Balaban J connectivity index is 1.87. The van der Waals surface area contributed by atoms with Gasteiger partial charge in [-0.25, -0.2) is 10.4 Å². The Morgan fingerprint density at radius 1 is 1.67 bits per heavy atom. The standard InChI is InChI=1S/C12H18N4O2/c1-12(11(17)18)5-9(13)16-10(14-6-12)4-8(15-16)7-2-3-7/h4,6-9,15H,2-3,5,13H2,1H3,(H,17,18). The number of aliphatic carboxylic acids is 1. The Kier molecular flexibility index (Phi) is 2.46. The van der Waals surface area contributed by atoms with Crippen molar-refractivity contribution in [1.29, 1.82) is 0 Å². The number of nitrogens with two attached hydrogens (primary N) is 1. The fraction of sp³-hybridized carbons (Fsp3) is 0.667. The third kappa shape index (κ3) is 1.81. The lowest BCUT2D eigenvalue weighted by molar-refractivity contribution is -0.144. The van der Waals surface area contributed by atoms with Gasteiger partial charge in [-0.15, -0.1) is 0 Å². The van der Waals surface area contributed by atoms with E-state index in [4.69, 9.17) is 5.73 Å². The quantitative estimate of drug-likeness (QED) is 0.654. The van der Waals surface area contributed by atoms with Gasteiger partial charge in [-0.2, -0.15) is 0 Å². The minimum absolute atomic E-state index is 0.303. The predicted molar refractivity (Wildman–Crippen MR) is 66.4 cm³/mol. The largest absolute Gasteiger partial charge is 0.481 e. The molecule has 3 rings (SSSR count). The predicted octanol–water partition coefficient (Wildman–Crippen LogP) is 0.277. The van der Waals surface area contributed by atoms with Crippen LogP contribution in [0.25, 0.3) is 0 Å². The van der Waals surface area contributed by atoms with E-state index < -0.39 is 11.4 Å². The minimum atomic E-state index is -0.999. The second-order valence-electron chi connectivity index (χ2n) is 5.64. The van der Waals surface area contributed by atoms with Crippen LogP contribution < -0.4 is 11.2 Å². The molecule has 3 atom stereocenters. The van der Waals surface area contributed by atoms with Gasteiger partial charge < -0.3 is 10.8 Å². The number of nitrogens with one attached hydrogen (secondary N) is 1. The Hall–Kier alpha value is -1.40. The lowest BCUT2D eigenvalue weighted by Crippen LogP contribution is -2.50. The zero-order chi connectivity index (χ0) is 12.9. The van der Waals surface area contributed by atoms with Gasteiger partial charge in [0.1, 0.15) is 11.2 Å². The van der Waals surface area contributed by atoms with Crippen molar-refractivity contribution in [2.75, 3.05) is 0 Å². The molecule has 2 heterocycles. The van der Waals surface area contributed by atoms with Crippen molar-refractivity contribution >= 4 is 12.2 Å². The first-order valence-corrected chi connectivity index (χ1v) is 6.31. The minimum Gasteiger partial charge on any atom is -0.481 e. The van der Waals surface area contributed by atoms with Crippen LogP contribution in [-0.2, 0) is 4.79 Å². The summed E-state index contributed by atoms with van der Waals surface area (Å²) in [6, 6.07) is 0.303. The van der Waals surface area contributed by atoms with Gasteiger partial charge >= 0.3 is 5.97 Å². The van der Waals surface area contributed by atoms with Gasteiger partial charge in [0.25, 0.3) is 0 Å². The Morgan fingerprint density at radius 3 is 3.00 bits per heavy atom. The van der Waals surface area contributed by atoms with E-state index in [2.05, 4.69) is 16.5 Å². The van der Waals surface area contributed by atoms with Crippen LogP contribution >= 0.6 is 0 Å². The first-order valence-electron chi connectivity index (χ1n) is 6.31. The summed E-state index contributed by atoms with van der Waals surface area (Å²) in [4.78, 5) is 15.6. The molecule has 6 nitrogen and oxygen atoms in total. The number of carbonyl (C=O) groups is 1. The molecule has 4 N–H and O–H groups in total. The number of nitrogens with zero attached hydrogens (tertiary/aromatic N) is 2. The normalized spacial score (nSPS) is 39.2. The summed E-state index contributed by atoms with van der Waals surface area (Å²) in [7, 11) is 0. The third-order valence-electron chi connectivity index (χ3n) is 3.93. The van der Waals surface area contributed by atoms with Gasteiger partial charge in [-0.1, -0.05) is 0 Å². The number of hydrogen-bond acceptors (Lipinski definition) is 5. The SMILES string of the molecule is CC1(C(=O)O)C=NC2=CC(C3CC3)NN2C(N)C1. The zero-order valence-corrected chi connectivity index (χ0v) is 10.3. The van der Waals surface area contributed by atoms with E-state index in [1.165, 1.54) is 19.1 Å². The van der Waals surface area contributed by atoms with E-state index in [9.17, 15) is 9.90 Å². The number of hydrazine groups is 1. The van der Waals surface area contributed by atoms with E-state index in [0.717, 1.165) is 5.82 Å². The van der Waals surface area contributed by atoms with Crippen molar-refractivity contribution in [3.05, 3.63) is 11.9 Å². The molecule has 0 aromatic rings. The topological polar surface area (TPSA) is 90.9 Å². The molecule has 1 aliphatic carbocycles. The first-order chi connectivity index (χ1) is 8.49. The summed E-state index contributed by atoms with van der Waals surface area (Å²) in [5.74, 6) is 0.546. The van der Waals surface area contributed by atoms with E-state index in [-0.39, 0.29) is 6.17 Å². The summed E-state index contributed by atoms with van der Waals surface area (Å²) in [6.07, 6.45) is 6.01. The first kappa shape index (κ1) is 11.7. The molecule has 1 fully saturated rings. The molecule has 0 aromatic carbocycles. The van der Waals surface area contributed by atoms with Gasteiger partial charge in [0.15, 0.2) is 0 Å². The van der Waals surface area contributed by atoms with E-state index in [1.54, 1.807) is 6.92 Å². The molecule has 1 saturated carbocycles. The van der Waals surface area contributed by atoms with Crippen LogP contribution in [-0.4, -0.2) is 34.5 Å². The van der Waals surface area contributed by atoms with Gasteiger partial charge in [0, 0.05) is 12.6 Å². The third-order valence-corrected chi connectivity index (χ3v) is 3.93. The molecular formula is C12H18N4O2. The van der Waals surface area contributed by atoms with E-state index in [0.29, 0.717) is 18.4 Å².